The molecular weight excluding hydrogens is 432 g/mol. The van der Waals surface area contributed by atoms with Crippen LogP contribution in [0.1, 0.15) is 29.0 Å². The number of carbonyl (C=O) groups excluding carboxylic acids is 1. The molecular formula is C23H22N2O4S2. The van der Waals surface area contributed by atoms with E-state index in [0.29, 0.717) is 27.2 Å². The molecule has 2 aromatic heterocycles. The summed E-state index contributed by atoms with van der Waals surface area (Å²) in [7, 11) is 1.55. The zero-order chi connectivity index (χ0) is 22.0. The van der Waals surface area contributed by atoms with Crippen molar-refractivity contribution in [3.8, 4) is 0 Å². The van der Waals surface area contributed by atoms with Crippen LogP contribution in [0, 0.1) is 6.92 Å². The summed E-state index contributed by atoms with van der Waals surface area (Å²) in [4.78, 5) is 32.4. The summed E-state index contributed by atoms with van der Waals surface area (Å²) in [5, 5.41) is 1.93. The number of carbonyl (C=O) groups is 1. The van der Waals surface area contributed by atoms with E-state index in [1.165, 1.54) is 22.7 Å². The van der Waals surface area contributed by atoms with Crippen molar-refractivity contribution in [1.82, 2.24) is 4.57 Å². The first-order chi connectivity index (χ1) is 15.0. The molecule has 0 saturated heterocycles. The number of thiazole rings is 1. The van der Waals surface area contributed by atoms with E-state index < -0.39 is 12.0 Å². The molecule has 1 unspecified atom stereocenters. The Morgan fingerprint density at radius 3 is 2.65 bits per heavy atom. The molecule has 6 nitrogen and oxygen atoms in total. The van der Waals surface area contributed by atoms with Gasteiger partial charge in [0.1, 0.15) is 12.6 Å². The van der Waals surface area contributed by atoms with Crippen LogP contribution in [0.25, 0.3) is 6.08 Å². The van der Waals surface area contributed by atoms with Crippen LogP contribution in [0.15, 0.2) is 62.8 Å². The SMILES string of the molecule is COCCOC(=O)C1=C(C)N=c2sc(=Cc3ccc(C)cc3)c(=O)n2C1c1cccs1. The fourth-order valence-corrected chi connectivity index (χ4v) is 5.28. The van der Waals surface area contributed by atoms with Gasteiger partial charge in [-0.05, 0) is 36.9 Å². The molecule has 0 saturated carbocycles. The zero-order valence-electron chi connectivity index (χ0n) is 17.5. The first-order valence-electron chi connectivity index (χ1n) is 9.78. The number of benzene rings is 1. The van der Waals surface area contributed by atoms with Crippen molar-refractivity contribution < 1.29 is 14.3 Å². The second-order valence-electron chi connectivity index (χ2n) is 7.14. The van der Waals surface area contributed by atoms with Gasteiger partial charge in [0.2, 0.25) is 0 Å². The molecule has 0 aliphatic carbocycles. The highest BCUT2D eigenvalue weighted by molar-refractivity contribution is 7.10. The van der Waals surface area contributed by atoms with Crippen molar-refractivity contribution in [2.24, 2.45) is 4.99 Å². The lowest BCUT2D eigenvalue weighted by Crippen LogP contribution is -2.39. The van der Waals surface area contributed by atoms with E-state index in [0.717, 1.165) is 16.0 Å². The Hall–Kier alpha value is -2.81. The van der Waals surface area contributed by atoms with Crippen LogP contribution >= 0.6 is 22.7 Å². The summed E-state index contributed by atoms with van der Waals surface area (Å²) in [6.07, 6.45) is 1.87. The third-order valence-electron chi connectivity index (χ3n) is 4.95. The largest absolute Gasteiger partial charge is 0.460 e. The summed E-state index contributed by atoms with van der Waals surface area (Å²) < 4.78 is 12.6. The lowest BCUT2D eigenvalue weighted by atomic mass is 10.0. The van der Waals surface area contributed by atoms with Crippen molar-refractivity contribution in [3.63, 3.8) is 0 Å². The topological polar surface area (TPSA) is 69.9 Å². The van der Waals surface area contributed by atoms with Crippen LogP contribution in [-0.4, -0.2) is 30.9 Å². The average molecular weight is 455 g/mol. The van der Waals surface area contributed by atoms with Crippen molar-refractivity contribution in [2.75, 3.05) is 20.3 Å². The smallest absolute Gasteiger partial charge is 0.338 e. The number of allylic oxidation sites excluding steroid dienone is 1. The van der Waals surface area contributed by atoms with Gasteiger partial charge in [0.05, 0.1) is 22.4 Å². The molecule has 1 aliphatic heterocycles. The molecule has 4 rings (SSSR count). The molecule has 1 aromatic carbocycles. The minimum Gasteiger partial charge on any atom is -0.460 e. The standard InChI is InChI=1S/C23H22N2O4S2/c1-14-6-8-16(9-7-14)13-18-21(26)25-20(17-5-4-12-30-17)19(15(2)24-23(25)31-18)22(27)29-11-10-28-3/h4-9,12-13,20H,10-11H2,1-3H3. The van der Waals surface area contributed by atoms with Gasteiger partial charge in [0.25, 0.3) is 5.56 Å². The lowest BCUT2D eigenvalue weighted by Gasteiger charge is -2.23. The quantitative estimate of drug-likeness (QED) is 0.424. The van der Waals surface area contributed by atoms with E-state index >= 15 is 0 Å². The molecule has 0 spiro atoms. The van der Waals surface area contributed by atoms with Gasteiger partial charge in [-0.25, -0.2) is 9.79 Å². The predicted molar refractivity (Wildman–Crippen MR) is 122 cm³/mol. The normalized spacial score (nSPS) is 16.2. The molecule has 0 radical (unpaired) electrons. The second-order valence-corrected chi connectivity index (χ2v) is 9.12. The summed E-state index contributed by atoms with van der Waals surface area (Å²) in [6.45, 7) is 4.25. The van der Waals surface area contributed by atoms with Crippen molar-refractivity contribution in [1.29, 1.82) is 0 Å². The number of methoxy groups -OCH3 is 1. The Labute approximate surface area is 187 Å². The van der Waals surface area contributed by atoms with Gasteiger partial charge in [-0.3, -0.25) is 9.36 Å². The molecule has 0 amide bonds. The Bertz CT molecular complexity index is 1300. The minimum absolute atomic E-state index is 0.140. The van der Waals surface area contributed by atoms with Gasteiger partial charge in [0, 0.05) is 12.0 Å². The monoisotopic (exact) mass is 454 g/mol. The maximum Gasteiger partial charge on any atom is 0.338 e. The summed E-state index contributed by atoms with van der Waals surface area (Å²) >= 11 is 2.82. The van der Waals surface area contributed by atoms with Crippen molar-refractivity contribution in [2.45, 2.75) is 19.9 Å². The molecule has 0 bridgehead atoms. The highest BCUT2D eigenvalue weighted by atomic mass is 32.1. The van der Waals surface area contributed by atoms with Crippen LogP contribution in [0.4, 0.5) is 0 Å². The van der Waals surface area contributed by atoms with Gasteiger partial charge < -0.3 is 9.47 Å². The number of rotatable bonds is 6. The number of aryl methyl sites for hydroxylation is 1. The maximum absolute atomic E-state index is 13.4. The van der Waals surface area contributed by atoms with E-state index in [1.807, 2.05) is 54.8 Å². The van der Waals surface area contributed by atoms with Gasteiger partial charge in [-0.1, -0.05) is 47.2 Å². The third-order valence-corrected chi connectivity index (χ3v) is 6.86. The highest BCUT2D eigenvalue weighted by Crippen LogP contribution is 2.33. The average Bonchev–Trinajstić information content (AvgIpc) is 3.38. The fraction of sp³-hybridized carbons (Fsp3) is 0.261. The molecule has 3 aromatic rings. The number of ether oxygens (including phenoxy) is 2. The highest BCUT2D eigenvalue weighted by Gasteiger charge is 2.33. The number of aromatic nitrogens is 1. The number of hydrogen-bond donors (Lipinski definition) is 0. The Morgan fingerprint density at radius 2 is 1.97 bits per heavy atom. The molecule has 1 atom stereocenters. The number of hydrogen-bond acceptors (Lipinski definition) is 7. The van der Waals surface area contributed by atoms with Crippen LogP contribution in [0.2, 0.25) is 0 Å². The van der Waals surface area contributed by atoms with Crippen LogP contribution < -0.4 is 14.9 Å². The van der Waals surface area contributed by atoms with Gasteiger partial charge >= 0.3 is 5.97 Å². The third kappa shape index (κ3) is 4.32. The van der Waals surface area contributed by atoms with E-state index in [9.17, 15) is 9.59 Å². The zero-order valence-corrected chi connectivity index (χ0v) is 19.1. The Morgan fingerprint density at radius 1 is 1.19 bits per heavy atom. The van der Waals surface area contributed by atoms with E-state index in [-0.39, 0.29) is 12.2 Å². The number of nitrogens with zero attached hydrogens (tertiary/aromatic N) is 2. The predicted octanol–water partition coefficient (Wildman–Crippen LogP) is 2.79. The minimum atomic E-state index is -0.563. The van der Waals surface area contributed by atoms with E-state index in [1.54, 1.807) is 18.6 Å². The number of thiophene rings is 1. The van der Waals surface area contributed by atoms with E-state index in [2.05, 4.69) is 4.99 Å². The fourth-order valence-electron chi connectivity index (χ4n) is 3.41. The number of esters is 1. The molecule has 0 N–H and O–H groups in total. The van der Waals surface area contributed by atoms with Gasteiger partial charge in [-0.15, -0.1) is 11.3 Å². The van der Waals surface area contributed by atoms with Crippen molar-refractivity contribution in [3.05, 3.63) is 88.7 Å². The first kappa shape index (κ1) is 21.4. The summed E-state index contributed by atoms with van der Waals surface area (Å²) in [6, 6.07) is 11.2. The van der Waals surface area contributed by atoms with E-state index in [4.69, 9.17) is 9.47 Å². The molecule has 1 aliphatic rings. The second kappa shape index (κ2) is 9.13. The summed E-state index contributed by atoms with van der Waals surface area (Å²) in [5.41, 5.74) is 2.87. The summed E-state index contributed by atoms with van der Waals surface area (Å²) in [5.74, 6) is -0.482. The molecule has 160 valence electrons. The van der Waals surface area contributed by atoms with Crippen LogP contribution in [0.5, 0.6) is 0 Å². The van der Waals surface area contributed by atoms with Gasteiger partial charge in [0.15, 0.2) is 4.80 Å². The first-order valence-corrected chi connectivity index (χ1v) is 11.5. The van der Waals surface area contributed by atoms with Crippen LogP contribution in [-0.2, 0) is 14.3 Å². The van der Waals surface area contributed by atoms with Gasteiger partial charge in [-0.2, -0.15) is 0 Å². The number of fused-ring (bicyclic) bond motifs is 1. The molecule has 8 heteroatoms. The molecule has 31 heavy (non-hydrogen) atoms. The lowest BCUT2D eigenvalue weighted by molar-refractivity contribution is -0.140. The van der Waals surface area contributed by atoms with Crippen LogP contribution in [0.3, 0.4) is 0 Å². The molecule has 0 fully saturated rings. The van der Waals surface area contributed by atoms with Crippen molar-refractivity contribution >= 4 is 34.7 Å². The Balaban J connectivity index is 1.84. The Kier molecular flexibility index (Phi) is 6.31. The molecule has 3 heterocycles. The maximum atomic E-state index is 13.4.